The number of non-ortho nitro benzene ring substituents is 1. The number of benzene rings is 1. The standard InChI is InChI=1S/C38H40N8O13/c1-20(47)55-31-32(56-21(2)48)34(57-22(3)49)37(59-33(31)36(50)54-5)58-29-11-10-25(46(52)53)16-28(29)43(4)38(51)44-15-13-26-30(40-19-41-35(26)44)24-17-42-45(18-24)27(12-14-39)23-8-6-7-9-23/h10-11,13,15-19,23,27,31-34,37H,6-9,12H2,1-5H3/t27?,31-,32-,33-,34+,37+/m0/s1. The van der Waals surface area contributed by atoms with E-state index in [0.29, 0.717) is 29.0 Å². The van der Waals surface area contributed by atoms with Gasteiger partial charge in [-0.1, -0.05) is 12.8 Å². The lowest BCUT2D eigenvalue weighted by molar-refractivity contribution is -0.384. The van der Waals surface area contributed by atoms with E-state index in [2.05, 4.69) is 21.1 Å². The van der Waals surface area contributed by atoms with Crippen molar-refractivity contribution in [3.8, 4) is 23.1 Å². The minimum atomic E-state index is -1.83. The minimum Gasteiger partial charge on any atom is -0.467 e. The first-order chi connectivity index (χ1) is 28.2. The third-order valence-corrected chi connectivity index (χ3v) is 10.0. The largest absolute Gasteiger partial charge is 0.467 e. The van der Waals surface area contributed by atoms with E-state index in [1.165, 1.54) is 24.1 Å². The fraction of sp³-hybridized carbons (Fsp3) is 0.447. The van der Waals surface area contributed by atoms with Crippen LogP contribution in [0, 0.1) is 27.4 Å². The summed E-state index contributed by atoms with van der Waals surface area (Å²) >= 11 is 0. The molecule has 21 heteroatoms. The van der Waals surface area contributed by atoms with Crippen LogP contribution in [0.5, 0.6) is 5.75 Å². The number of carbonyl (C=O) groups is 5. The first kappa shape index (κ1) is 41.7. The zero-order chi connectivity index (χ0) is 42.5. The summed E-state index contributed by atoms with van der Waals surface area (Å²) in [5.41, 5.74) is 0.651. The van der Waals surface area contributed by atoms with Gasteiger partial charge < -0.3 is 28.4 Å². The highest BCUT2D eigenvalue weighted by Crippen LogP contribution is 2.39. The molecule has 21 nitrogen and oxygen atoms in total. The summed E-state index contributed by atoms with van der Waals surface area (Å²) in [4.78, 5) is 85.1. The molecule has 1 saturated heterocycles. The van der Waals surface area contributed by atoms with Crippen LogP contribution < -0.4 is 9.64 Å². The van der Waals surface area contributed by atoms with Crippen LogP contribution in [0.25, 0.3) is 22.3 Å². The van der Waals surface area contributed by atoms with Gasteiger partial charge in [-0.05, 0) is 30.9 Å². The minimum absolute atomic E-state index is 0.0998. The van der Waals surface area contributed by atoms with Gasteiger partial charge in [-0.2, -0.15) is 10.4 Å². The number of carbonyl (C=O) groups excluding carboxylic acids is 5. The summed E-state index contributed by atoms with van der Waals surface area (Å²) in [6.07, 6.45) is 2.02. The maximum Gasteiger partial charge on any atom is 0.339 e. The maximum atomic E-state index is 14.3. The number of rotatable bonds is 12. The normalized spacial score (nSPS) is 20.8. The quantitative estimate of drug-likeness (QED) is 0.0846. The highest BCUT2D eigenvalue weighted by Gasteiger charge is 2.56. The van der Waals surface area contributed by atoms with Crippen molar-refractivity contribution in [3.63, 3.8) is 0 Å². The molecule has 59 heavy (non-hydrogen) atoms. The average Bonchev–Trinajstić information content (AvgIpc) is 4.00. The van der Waals surface area contributed by atoms with E-state index in [1.807, 2.05) is 6.20 Å². The third-order valence-electron chi connectivity index (χ3n) is 10.0. The second-order valence-corrected chi connectivity index (χ2v) is 13.9. The van der Waals surface area contributed by atoms with Crippen LogP contribution in [0.1, 0.15) is 58.9 Å². The SMILES string of the molecule is COC(=O)[C@H]1O[C@@H](Oc2ccc([N+](=O)[O-])cc2N(C)C(=O)n2ccc3c(-c4cnn(C(CC#N)C5CCCC5)c4)ncnc32)[C@H](OC(C)=O)[C@@H](OC(C)=O)[C@@H]1OC(C)=O. The van der Waals surface area contributed by atoms with E-state index >= 15 is 0 Å². The molecule has 1 amide bonds. The molecule has 2 aliphatic rings. The van der Waals surface area contributed by atoms with E-state index in [1.54, 1.807) is 16.9 Å². The predicted molar refractivity (Wildman–Crippen MR) is 200 cm³/mol. The molecule has 310 valence electrons. The van der Waals surface area contributed by atoms with Crippen LogP contribution in [0.3, 0.4) is 0 Å². The fourth-order valence-corrected chi connectivity index (χ4v) is 7.43. The number of aromatic nitrogens is 5. The lowest BCUT2D eigenvalue weighted by Crippen LogP contribution is -2.64. The van der Waals surface area contributed by atoms with Gasteiger partial charge in [-0.25, -0.2) is 19.6 Å². The third kappa shape index (κ3) is 8.81. The zero-order valence-corrected chi connectivity index (χ0v) is 32.6. The van der Waals surface area contributed by atoms with Gasteiger partial charge >= 0.3 is 29.9 Å². The van der Waals surface area contributed by atoms with E-state index in [4.69, 9.17) is 28.4 Å². The molecule has 0 bridgehead atoms. The Hall–Kier alpha value is -6.95. The number of nitrogens with zero attached hydrogens (tertiary/aromatic N) is 8. The Morgan fingerprint density at radius 1 is 1.02 bits per heavy atom. The summed E-state index contributed by atoms with van der Waals surface area (Å²) in [6.45, 7) is 3.08. The maximum absolute atomic E-state index is 14.3. The summed E-state index contributed by atoms with van der Waals surface area (Å²) in [5.74, 6) is -3.74. The molecule has 6 rings (SSSR count). The molecule has 1 unspecified atom stereocenters. The fourth-order valence-electron chi connectivity index (χ4n) is 7.43. The lowest BCUT2D eigenvalue weighted by Gasteiger charge is -2.43. The number of amides is 1. The van der Waals surface area contributed by atoms with Crippen LogP contribution in [-0.4, -0.2) is 104 Å². The molecule has 4 heterocycles. The number of fused-ring (bicyclic) bond motifs is 1. The molecule has 1 aromatic carbocycles. The van der Waals surface area contributed by atoms with Crippen molar-refractivity contribution in [2.45, 2.75) is 89.6 Å². The Morgan fingerprint density at radius 2 is 1.69 bits per heavy atom. The van der Waals surface area contributed by atoms with E-state index < -0.39 is 71.2 Å². The van der Waals surface area contributed by atoms with Crippen molar-refractivity contribution >= 4 is 52.3 Å². The summed E-state index contributed by atoms with van der Waals surface area (Å²) in [6, 6.07) is 6.31. The van der Waals surface area contributed by atoms with Crippen LogP contribution in [0.15, 0.2) is 49.2 Å². The van der Waals surface area contributed by atoms with Gasteiger partial charge in [0.15, 0.2) is 24.0 Å². The highest BCUT2D eigenvalue weighted by atomic mass is 16.7. The van der Waals surface area contributed by atoms with Gasteiger partial charge in [-0.15, -0.1) is 0 Å². The number of nitro groups is 1. The second kappa shape index (κ2) is 17.7. The Kier molecular flexibility index (Phi) is 12.5. The van der Waals surface area contributed by atoms with Gasteiger partial charge in [0, 0.05) is 63.3 Å². The average molecular weight is 817 g/mol. The number of hydrogen-bond acceptors (Lipinski definition) is 17. The number of hydrogen-bond donors (Lipinski definition) is 0. The molecule has 2 fully saturated rings. The first-order valence-corrected chi connectivity index (χ1v) is 18.4. The Morgan fingerprint density at radius 3 is 2.34 bits per heavy atom. The molecule has 1 saturated carbocycles. The molecule has 6 atom stereocenters. The predicted octanol–water partition coefficient (Wildman–Crippen LogP) is 4.02. The summed E-state index contributed by atoms with van der Waals surface area (Å²) in [5, 5.41) is 26.6. The summed E-state index contributed by atoms with van der Waals surface area (Å²) in [7, 11) is 2.33. The lowest BCUT2D eigenvalue weighted by atomic mass is 9.96. The van der Waals surface area contributed by atoms with Gasteiger partial charge in [0.2, 0.25) is 12.4 Å². The Bertz CT molecular complexity index is 2310. The van der Waals surface area contributed by atoms with Crippen LogP contribution >= 0.6 is 0 Å². The number of methoxy groups -OCH3 is 1. The van der Waals surface area contributed by atoms with Crippen molar-refractivity contribution in [1.29, 1.82) is 5.26 Å². The van der Waals surface area contributed by atoms with Crippen molar-refractivity contribution in [1.82, 2.24) is 24.3 Å². The number of nitriles is 1. The van der Waals surface area contributed by atoms with E-state index in [9.17, 15) is 39.3 Å². The number of anilines is 1. The molecule has 0 N–H and O–H groups in total. The van der Waals surface area contributed by atoms with Gasteiger partial charge in [0.05, 0.1) is 48.1 Å². The molecule has 3 aromatic heterocycles. The Balaban J connectivity index is 1.36. The number of esters is 4. The number of ether oxygens (including phenoxy) is 6. The molecule has 0 radical (unpaired) electrons. The van der Waals surface area contributed by atoms with E-state index in [0.717, 1.165) is 76.7 Å². The molecule has 1 aliphatic carbocycles. The molecule has 0 spiro atoms. The van der Waals surface area contributed by atoms with Gasteiger partial charge in [-0.3, -0.25) is 38.6 Å². The monoisotopic (exact) mass is 816 g/mol. The first-order valence-electron chi connectivity index (χ1n) is 18.4. The topological polar surface area (TPSA) is 259 Å². The molecule has 4 aromatic rings. The highest BCUT2D eigenvalue weighted by molar-refractivity contribution is 6.02. The van der Waals surface area contributed by atoms with Crippen LogP contribution in [-0.2, 0) is 42.9 Å². The van der Waals surface area contributed by atoms with Gasteiger partial charge in [0.25, 0.3) is 5.69 Å². The van der Waals surface area contributed by atoms with Crippen molar-refractivity contribution in [3.05, 3.63) is 59.3 Å². The van der Waals surface area contributed by atoms with Crippen molar-refractivity contribution in [2.75, 3.05) is 19.1 Å². The van der Waals surface area contributed by atoms with Crippen LogP contribution in [0.2, 0.25) is 0 Å². The Labute approximate surface area is 335 Å². The molecule has 1 aliphatic heterocycles. The van der Waals surface area contributed by atoms with Crippen LogP contribution in [0.4, 0.5) is 16.2 Å². The smallest absolute Gasteiger partial charge is 0.339 e. The zero-order valence-electron chi connectivity index (χ0n) is 32.6. The second-order valence-electron chi connectivity index (χ2n) is 13.9. The molecular formula is C38H40N8O13. The summed E-state index contributed by atoms with van der Waals surface area (Å²) < 4.78 is 36.0. The van der Waals surface area contributed by atoms with Crippen molar-refractivity contribution < 1.29 is 57.3 Å². The van der Waals surface area contributed by atoms with Crippen molar-refractivity contribution in [2.24, 2.45) is 5.92 Å². The number of nitro benzene ring substituents is 1. The van der Waals surface area contributed by atoms with Gasteiger partial charge in [0.1, 0.15) is 12.1 Å². The van der Waals surface area contributed by atoms with E-state index in [-0.39, 0.29) is 23.1 Å². The molecular weight excluding hydrogens is 776 g/mol.